The molecule has 0 aromatic heterocycles. The summed E-state index contributed by atoms with van der Waals surface area (Å²) in [6.07, 6.45) is 4.29. The number of amides is 1. The first-order valence-corrected chi connectivity index (χ1v) is 6.69. The lowest BCUT2D eigenvalue weighted by atomic mass is 9.88. The first-order chi connectivity index (χ1) is 8.65. The summed E-state index contributed by atoms with van der Waals surface area (Å²) in [5.74, 6) is 0.474. The molecule has 1 aliphatic rings. The van der Waals surface area contributed by atoms with Crippen LogP contribution in [0.25, 0.3) is 0 Å². The van der Waals surface area contributed by atoms with Crippen LogP contribution in [0.3, 0.4) is 0 Å². The Labute approximate surface area is 109 Å². The molecular weight excluding hydrogens is 226 g/mol. The molecule has 98 valence electrons. The fourth-order valence-electron chi connectivity index (χ4n) is 2.46. The topological polar surface area (TPSA) is 38.3 Å². The molecule has 1 aromatic carbocycles. The van der Waals surface area contributed by atoms with Crippen LogP contribution in [0.15, 0.2) is 24.3 Å². The molecule has 0 heterocycles. The molecule has 0 aliphatic heterocycles. The highest BCUT2D eigenvalue weighted by molar-refractivity contribution is 5.84. The zero-order valence-electron chi connectivity index (χ0n) is 11.1. The van der Waals surface area contributed by atoms with E-state index >= 15 is 0 Å². The normalized spacial score (nSPS) is 23.4. The molecule has 0 radical (unpaired) electrons. The predicted molar refractivity (Wildman–Crippen MR) is 72.7 cm³/mol. The number of aryl methyl sites for hydroxylation is 1. The van der Waals surface area contributed by atoms with Crippen molar-refractivity contribution in [3.63, 3.8) is 0 Å². The molecule has 3 nitrogen and oxygen atoms in total. The fourth-order valence-corrected chi connectivity index (χ4v) is 2.46. The number of rotatable bonds is 2. The van der Waals surface area contributed by atoms with Crippen LogP contribution >= 0.6 is 0 Å². The Morgan fingerprint density at radius 1 is 1.33 bits per heavy atom. The highest BCUT2D eigenvalue weighted by Gasteiger charge is 2.24. The Morgan fingerprint density at radius 3 is 2.83 bits per heavy atom. The van der Waals surface area contributed by atoms with E-state index in [9.17, 15) is 4.79 Å². The van der Waals surface area contributed by atoms with Crippen molar-refractivity contribution in [3.8, 4) is 0 Å². The molecule has 0 saturated heterocycles. The molecule has 1 aliphatic carbocycles. The third kappa shape index (κ3) is 3.49. The number of benzene rings is 1. The average Bonchev–Trinajstić information content (AvgIpc) is 2.32. The van der Waals surface area contributed by atoms with Crippen molar-refractivity contribution in [2.45, 2.75) is 45.6 Å². The van der Waals surface area contributed by atoms with Gasteiger partial charge in [-0.2, -0.15) is 0 Å². The second-order valence-electron chi connectivity index (χ2n) is 5.20. The first kappa shape index (κ1) is 12.9. The van der Waals surface area contributed by atoms with Gasteiger partial charge in [0.1, 0.15) is 6.10 Å². The van der Waals surface area contributed by atoms with Crippen molar-refractivity contribution >= 4 is 11.8 Å². The maximum atomic E-state index is 11.8. The summed E-state index contributed by atoms with van der Waals surface area (Å²) in [6, 6.07) is 7.73. The zero-order chi connectivity index (χ0) is 13.0. The third-order valence-electron chi connectivity index (χ3n) is 3.56. The lowest BCUT2D eigenvalue weighted by Gasteiger charge is -2.28. The van der Waals surface area contributed by atoms with Crippen LogP contribution in [0, 0.1) is 12.8 Å². The third-order valence-corrected chi connectivity index (χ3v) is 3.56. The van der Waals surface area contributed by atoms with E-state index in [1.54, 1.807) is 0 Å². The summed E-state index contributed by atoms with van der Waals surface area (Å²) >= 11 is 0. The maximum absolute atomic E-state index is 11.8. The minimum Gasteiger partial charge on any atom is -0.446 e. The number of carbonyl (C=O) groups excluding carboxylic acids is 1. The highest BCUT2D eigenvalue weighted by Crippen LogP contribution is 2.26. The number of carbonyl (C=O) groups is 1. The van der Waals surface area contributed by atoms with E-state index in [2.05, 4.69) is 12.2 Å². The minimum absolute atomic E-state index is 0.0727. The first-order valence-electron chi connectivity index (χ1n) is 6.69. The van der Waals surface area contributed by atoms with E-state index in [1.807, 2.05) is 31.2 Å². The molecular formula is C15H21NO2. The summed E-state index contributed by atoms with van der Waals surface area (Å²) in [5.41, 5.74) is 1.92. The number of anilines is 1. The quantitative estimate of drug-likeness (QED) is 0.853. The maximum Gasteiger partial charge on any atom is 0.411 e. The van der Waals surface area contributed by atoms with Gasteiger partial charge in [-0.3, -0.25) is 5.32 Å². The molecule has 0 bridgehead atoms. The fraction of sp³-hybridized carbons (Fsp3) is 0.533. The molecule has 18 heavy (non-hydrogen) atoms. The van der Waals surface area contributed by atoms with Crippen LogP contribution in [0.2, 0.25) is 0 Å². The molecule has 0 spiro atoms. The van der Waals surface area contributed by atoms with E-state index < -0.39 is 0 Å². The van der Waals surface area contributed by atoms with Gasteiger partial charge in [-0.15, -0.1) is 0 Å². The summed E-state index contributed by atoms with van der Waals surface area (Å²) in [7, 11) is 0. The van der Waals surface area contributed by atoms with Gasteiger partial charge in [-0.25, -0.2) is 4.79 Å². The van der Waals surface area contributed by atoms with Gasteiger partial charge in [-0.05, 0) is 49.8 Å². The van der Waals surface area contributed by atoms with Gasteiger partial charge >= 0.3 is 6.09 Å². The van der Waals surface area contributed by atoms with Gasteiger partial charge < -0.3 is 4.74 Å². The Bertz CT molecular complexity index is 417. The van der Waals surface area contributed by atoms with Crippen LogP contribution in [0.4, 0.5) is 10.5 Å². The van der Waals surface area contributed by atoms with Crippen LogP contribution in [0.1, 0.15) is 38.2 Å². The predicted octanol–water partition coefficient (Wildman–Crippen LogP) is 4.12. The number of nitrogens with one attached hydrogen (secondary N) is 1. The monoisotopic (exact) mass is 247 g/mol. The average molecular weight is 247 g/mol. The van der Waals surface area contributed by atoms with Gasteiger partial charge in [0.2, 0.25) is 0 Å². The summed E-state index contributed by atoms with van der Waals surface area (Å²) in [6.45, 7) is 4.16. The van der Waals surface area contributed by atoms with Gasteiger partial charge in [0.05, 0.1) is 0 Å². The molecule has 1 aromatic rings. The number of hydrogen-bond acceptors (Lipinski definition) is 2. The van der Waals surface area contributed by atoms with Crippen LogP contribution in [-0.4, -0.2) is 12.2 Å². The van der Waals surface area contributed by atoms with Crippen molar-refractivity contribution in [1.82, 2.24) is 0 Å². The van der Waals surface area contributed by atoms with Gasteiger partial charge in [0, 0.05) is 5.69 Å². The number of hydrogen-bond donors (Lipinski definition) is 1. The van der Waals surface area contributed by atoms with Gasteiger partial charge in [0.25, 0.3) is 0 Å². The molecule has 1 fully saturated rings. The van der Waals surface area contributed by atoms with E-state index in [0.717, 1.165) is 30.5 Å². The SMILES string of the molecule is Cc1cccc(NC(=O)O[C@H]2CCCC[C@@H]2C)c1. The molecule has 1 N–H and O–H groups in total. The van der Waals surface area contributed by atoms with E-state index in [-0.39, 0.29) is 12.2 Å². The minimum atomic E-state index is -0.334. The largest absolute Gasteiger partial charge is 0.446 e. The summed E-state index contributed by atoms with van der Waals surface area (Å²) in [5, 5.41) is 2.79. The van der Waals surface area contributed by atoms with Crippen molar-refractivity contribution < 1.29 is 9.53 Å². The molecule has 1 amide bonds. The van der Waals surface area contributed by atoms with Crippen molar-refractivity contribution in [2.24, 2.45) is 5.92 Å². The number of ether oxygens (including phenoxy) is 1. The standard InChI is InChI=1S/C15H21NO2/c1-11-6-5-8-13(10-11)16-15(17)18-14-9-4-3-7-12(14)2/h5-6,8,10,12,14H,3-4,7,9H2,1-2H3,(H,16,17)/t12-,14-/m0/s1. The van der Waals surface area contributed by atoms with E-state index in [1.165, 1.54) is 6.42 Å². The van der Waals surface area contributed by atoms with E-state index in [4.69, 9.17) is 4.74 Å². The van der Waals surface area contributed by atoms with Gasteiger partial charge in [-0.1, -0.05) is 25.5 Å². The Kier molecular flexibility index (Phi) is 4.24. The van der Waals surface area contributed by atoms with Crippen molar-refractivity contribution in [2.75, 3.05) is 5.32 Å². The zero-order valence-corrected chi connectivity index (χ0v) is 11.1. The van der Waals surface area contributed by atoms with E-state index in [0.29, 0.717) is 5.92 Å². The molecule has 0 unspecified atom stereocenters. The lowest BCUT2D eigenvalue weighted by molar-refractivity contribution is 0.0524. The molecule has 2 rings (SSSR count). The smallest absolute Gasteiger partial charge is 0.411 e. The highest BCUT2D eigenvalue weighted by atomic mass is 16.6. The second kappa shape index (κ2) is 5.89. The Morgan fingerprint density at radius 2 is 2.11 bits per heavy atom. The van der Waals surface area contributed by atoms with Crippen molar-refractivity contribution in [1.29, 1.82) is 0 Å². The molecule has 1 saturated carbocycles. The van der Waals surface area contributed by atoms with Crippen LogP contribution < -0.4 is 5.32 Å². The van der Waals surface area contributed by atoms with Crippen molar-refractivity contribution in [3.05, 3.63) is 29.8 Å². The lowest BCUT2D eigenvalue weighted by Crippen LogP contribution is -2.30. The molecule has 2 atom stereocenters. The molecule has 3 heteroatoms. The second-order valence-corrected chi connectivity index (χ2v) is 5.20. The van der Waals surface area contributed by atoms with Gasteiger partial charge in [0.15, 0.2) is 0 Å². The van der Waals surface area contributed by atoms with Crippen LogP contribution in [-0.2, 0) is 4.74 Å². The Hall–Kier alpha value is -1.51. The summed E-state index contributed by atoms with van der Waals surface area (Å²) < 4.78 is 5.50. The van der Waals surface area contributed by atoms with Crippen LogP contribution in [0.5, 0.6) is 0 Å². The summed E-state index contributed by atoms with van der Waals surface area (Å²) in [4.78, 5) is 11.8. The Balaban J connectivity index is 1.88.